The Morgan fingerprint density at radius 2 is 2.45 bits per heavy atom. The summed E-state index contributed by atoms with van der Waals surface area (Å²) in [5, 5.41) is 9.47. The highest BCUT2D eigenvalue weighted by Crippen LogP contribution is 2.13. The van der Waals surface area contributed by atoms with E-state index >= 15 is 0 Å². The van der Waals surface area contributed by atoms with Gasteiger partial charge in [0.25, 0.3) is 0 Å². The standard InChI is InChI=1S/C7H7N3O/c11-6-2-1-3-8-7-5(6)4-9-10-7/h1-2,4H,3H2,(H2,8,9,10). The van der Waals surface area contributed by atoms with E-state index in [4.69, 9.17) is 0 Å². The second-order valence-corrected chi connectivity index (χ2v) is 2.31. The van der Waals surface area contributed by atoms with Crippen LogP contribution in [0.2, 0.25) is 0 Å². The topological polar surface area (TPSA) is 57.8 Å². The zero-order valence-electron chi connectivity index (χ0n) is 5.79. The van der Waals surface area contributed by atoms with Crippen molar-refractivity contribution in [1.82, 2.24) is 10.2 Å². The lowest BCUT2D eigenvalue weighted by molar-refractivity contribution is 0.104. The van der Waals surface area contributed by atoms with Crippen molar-refractivity contribution in [3.8, 4) is 0 Å². The number of aromatic nitrogens is 2. The summed E-state index contributed by atoms with van der Waals surface area (Å²) in [5.41, 5.74) is 0.610. The predicted molar refractivity (Wildman–Crippen MR) is 40.5 cm³/mol. The second kappa shape index (κ2) is 2.23. The Labute approximate surface area is 63.3 Å². The van der Waals surface area contributed by atoms with Crippen LogP contribution >= 0.6 is 0 Å². The van der Waals surface area contributed by atoms with E-state index in [1.165, 1.54) is 6.20 Å². The van der Waals surface area contributed by atoms with Gasteiger partial charge in [0.05, 0.1) is 11.8 Å². The number of carbonyl (C=O) groups excluding carboxylic acids is 1. The first-order valence-corrected chi connectivity index (χ1v) is 3.36. The molecule has 2 rings (SSSR count). The van der Waals surface area contributed by atoms with Crippen LogP contribution in [0.1, 0.15) is 10.4 Å². The number of hydrogen-bond acceptors (Lipinski definition) is 3. The number of hydrogen-bond donors (Lipinski definition) is 2. The van der Waals surface area contributed by atoms with Gasteiger partial charge in [-0.05, 0) is 6.08 Å². The fourth-order valence-electron chi connectivity index (χ4n) is 1.02. The Morgan fingerprint density at radius 1 is 1.55 bits per heavy atom. The number of nitrogens with one attached hydrogen (secondary N) is 2. The maximum absolute atomic E-state index is 11.2. The molecule has 2 heterocycles. The number of anilines is 1. The molecule has 0 amide bonds. The van der Waals surface area contributed by atoms with E-state index in [1.807, 2.05) is 0 Å². The summed E-state index contributed by atoms with van der Waals surface area (Å²) < 4.78 is 0. The molecule has 4 heteroatoms. The van der Waals surface area contributed by atoms with E-state index in [-0.39, 0.29) is 5.78 Å². The van der Waals surface area contributed by atoms with Gasteiger partial charge >= 0.3 is 0 Å². The first-order chi connectivity index (χ1) is 5.38. The van der Waals surface area contributed by atoms with Crippen molar-refractivity contribution in [3.63, 3.8) is 0 Å². The quantitative estimate of drug-likeness (QED) is 0.567. The lowest BCUT2D eigenvalue weighted by Gasteiger charge is -1.96. The van der Waals surface area contributed by atoms with Crippen molar-refractivity contribution >= 4 is 11.6 Å². The summed E-state index contributed by atoms with van der Waals surface area (Å²) in [6.07, 6.45) is 4.87. The van der Waals surface area contributed by atoms with Crippen LogP contribution in [-0.4, -0.2) is 22.5 Å². The lowest BCUT2D eigenvalue weighted by Crippen LogP contribution is -1.99. The van der Waals surface area contributed by atoms with E-state index in [0.717, 1.165) is 0 Å². The third kappa shape index (κ3) is 0.920. The zero-order valence-corrected chi connectivity index (χ0v) is 5.79. The molecule has 56 valence electrons. The van der Waals surface area contributed by atoms with Crippen LogP contribution in [0.25, 0.3) is 0 Å². The SMILES string of the molecule is O=C1C=CCNc2[nH]ncc21. The molecular weight excluding hydrogens is 142 g/mol. The number of carbonyl (C=O) groups is 1. The smallest absolute Gasteiger partial charge is 0.190 e. The molecule has 0 radical (unpaired) electrons. The number of fused-ring (bicyclic) bond motifs is 1. The Balaban J connectivity index is 2.51. The van der Waals surface area contributed by atoms with Crippen molar-refractivity contribution in [2.75, 3.05) is 11.9 Å². The monoisotopic (exact) mass is 149 g/mol. The Morgan fingerprint density at radius 3 is 3.36 bits per heavy atom. The highest BCUT2D eigenvalue weighted by molar-refractivity contribution is 6.08. The van der Waals surface area contributed by atoms with Crippen LogP contribution in [0, 0.1) is 0 Å². The zero-order chi connectivity index (χ0) is 7.68. The van der Waals surface area contributed by atoms with Crippen molar-refractivity contribution in [2.45, 2.75) is 0 Å². The van der Waals surface area contributed by atoms with Crippen LogP contribution in [0.5, 0.6) is 0 Å². The highest BCUT2D eigenvalue weighted by Gasteiger charge is 2.12. The molecule has 0 aliphatic carbocycles. The first kappa shape index (κ1) is 6.15. The highest BCUT2D eigenvalue weighted by atomic mass is 16.1. The normalized spacial score (nSPS) is 15.5. The second-order valence-electron chi connectivity index (χ2n) is 2.31. The summed E-state index contributed by atoms with van der Waals surface area (Å²) in [6, 6.07) is 0. The van der Waals surface area contributed by atoms with Crippen LogP contribution < -0.4 is 5.32 Å². The maximum Gasteiger partial charge on any atom is 0.190 e. The van der Waals surface area contributed by atoms with Gasteiger partial charge in [-0.1, -0.05) is 6.08 Å². The van der Waals surface area contributed by atoms with Gasteiger partial charge in [0, 0.05) is 6.54 Å². The largest absolute Gasteiger partial charge is 0.366 e. The van der Waals surface area contributed by atoms with Gasteiger partial charge in [-0.25, -0.2) is 0 Å². The third-order valence-corrected chi connectivity index (χ3v) is 1.57. The first-order valence-electron chi connectivity index (χ1n) is 3.36. The molecule has 0 saturated carbocycles. The lowest BCUT2D eigenvalue weighted by atomic mass is 10.2. The molecule has 0 bridgehead atoms. The van der Waals surface area contributed by atoms with Crippen molar-refractivity contribution in [3.05, 3.63) is 23.9 Å². The summed E-state index contributed by atoms with van der Waals surface area (Å²) in [5.74, 6) is 0.707. The summed E-state index contributed by atoms with van der Waals surface area (Å²) in [6.45, 7) is 0.668. The van der Waals surface area contributed by atoms with Crippen LogP contribution in [0.15, 0.2) is 18.3 Å². The van der Waals surface area contributed by atoms with E-state index in [9.17, 15) is 4.79 Å². The Bertz CT molecular complexity index is 313. The van der Waals surface area contributed by atoms with E-state index in [0.29, 0.717) is 17.9 Å². The number of rotatable bonds is 0. The Kier molecular flexibility index (Phi) is 1.25. The number of H-pyrrole nitrogens is 1. The number of ketones is 1. The fraction of sp³-hybridized carbons (Fsp3) is 0.143. The number of aromatic amines is 1. The van der Waals surface area contributed by atoms with Crippen LogP contribution in [-0.2, 0) is 0 Å². The number of nitrogens with zero attached hydrogens (tertiary/aromatic N) is 1. The van der Waals surface area contributed by atoms with Gasteiger partial charge in [0.2, 0.25) is 0 Å². The molecule has 1 aliphatic rings. The molecular formula is C7H7N3O. The predicted octanol–water partition coefficient (Wildman–Crippen LogP) is 0.574. The summed E-state index contributed by atoms with van der Waals surface area (Å²) in [7, 11) is 0. The van der Waals surface area contributed by atoms with Gasteiger partial charge in [0.15, 0.2) is 5.78 Å². The minimum absolute atomic E-state index is 0.00116. The molecule has 0 atom stereocenters. The molecule has 4 nitrogen and oxygen atoms in total. The molecule has 0 aromatic carbocycles. The molecule has 1 aliphatic heterocycles. The molecule has 0 fully saturated rings. The molecule has 0 saturated heterocycles. The summed E-state index contributed by atoms with van der Waals surface area (Å²) in [4.78, 5) is 11.2. The molecule has 0 spiro atoms. The molecule has 0 unspecified atom stereocenters. The minimum atomic E-state index is -0.00116. The van der Waals surface area contributed by atoms with E-state index in [1.54, 1.807) is 12.2 Å². The minimum Gasteiger partial charge on any atom is -0.366 e. The average molecular weight is 149 g/mol. The molecule has 2 N–H and O–H groups in total. The van der Waals surface area contributed by atoms with Crippen LogP contribution in [0.4, 0.5) is 5.82 Å². The molecule has 1 aromatic heterocycles. The van der Waals surface area contributed by atoms with E-state index in [2.05, 4.69) is 15.5 Å². The van der Waals surface area contributed by atoms with Gasteiger partial charge in [-0.3, -0.25) is 9.89 Å². The van der Waals surface area contributed by atoms with Crippen molar-refractivity contribution in [2.24, 2.45) is 0 Å². The molecule has 11 heavy (non-hydrogen) atoms. The summed E-state index contributed by atoms with van der Waals surface area (Å²) >= 11 is 0. The van der Waals surface area contributed by atoms with Crippen LogP contribution in [0.3, 0.4) is 0 Å². The van der Waals surface area contributed by atoms with Crippen molar-refractivity contribution in [1.29, 1.82) is 0 Å². The Hall–Kier alpha value is -1.58. The number of allylic oxidation sites excluding steroid dienone is 1. The molecule has 1 aromatic rings. The third-order valence-electron chi connectivity index (χ3n) is 1.57. The average Bonchev–Trinajstić information content (AvgIpc) is 2.40. The fourth-order valence-corrected chi connectivity index (χ4v) is 1.02. The van der Waals surface area contributed by atoms with E-state index < -0.39 is 0 Å². The maximum atomic E-state index is 11.2. The van der Waals surface area contributed by atoms with Gasteiger partial charge < -0.3 is 5.32 Å². The van der Waals surface area contributed by atoms with Crippen molar-refractivity contribution < 1.29 is 4.79 Å². The van der Waals surface area contributed by atoms with Gasteiger partial charge in [-0.15, -0.1) is 0 Å². The van der Waals surface area contributed by atoms with Gasteiger partial charge in [-0.2, -0.15) is 5.10 Å². The van der Waals surface area contributed by atoms with Gasteiger partial charge in [0.1, 0.15) is 5.82 Å².